The Kier molecular flexibility index (Phi) is 4.08. The minimum atomic E-state index is -4.56. The number of benzene rings is 1. The van der Waals surface area contributed by atoms with Crippen molar-refractivity contribution in [3.63, 3.8) is 0 Å². The number of alkyl halides is 3. The van der Waals surface area contributed by atoms with Crippen LogP contribution in [0.15, 0.2) is 18.2 Å². The zero-order chi connectivity index (χ0) is 15.8. The molecule has 1 amide bonds. The summed E-state index contributed by atoms with van der Waals surface area (Å²) in [5.41, 5.74) is 4.41. The van der Waals surface area contributed by atoms with Gasteiger partial charge in [-0.3, -0.25) is 4.79 Å². The summed E-state index contributed by atoms with van der Waals surface area (Å²) in [6.45, 7) is 0.577. The lowest BCUT2D eigenvalue weighted by Crippen LogP contribution is -2.31. The first-order valence-electron chi connectivity index (χ1n) is 6.22. The monoisotopic (exact) mass is 317 g/mol. The summed E-state index contributed by atoms with van der Waals surface area (Å²) >= 11 is 4.64. The van der Waals surface area contributed by atoms with Gasteiger partial charge >= 0.3 is 6.18 Å². The summed E-state index contributed by atoms with van der Waals surface area (Å²) in [7, 11) is 1.65. The minimum Gasteiger partial charge on any atom is -0.389 e. The van der Waals surface area contributed by atoms with E-state index in [-0.39, 0.29) is 22.1 Å². The van der Waals surface area contributed by atoms with Gasteiger partial charge in [-0.05, 0) is 24.6 Å². The van der Waals surface area contributed by atoms with Gasteiger partial charge in [-0.1, -0.05) is 12.2 Å². The second-order valence-electron chi connectivity index (χ2n) is 4.87. The van der Waals surface area contributed by atoms with Crippen LogP contribution in [0.1, 0.15) is 17.5 Å². The molecule has 4 nitrogen and oxygen atoms in total. The molecule has 21 heavy (non-hydrogen) atoms. The fourth-order valence-electron chi connectivity index (χ4n) is 2.24. The van der Waals surface area contributed by atoms with Gasteiger partial charge in [0.25, 0.3) is 0 Å². The number of likely N-dealkylation sites (tertiary alicyclic amines) is 1. The van der Waals surface area contributed by atoms with Crippen LogP contribution in [0.5, 0.6) is 0 Å². The number of anilines is 1. The molecule has 0 aliphatic carbocycles. The Morgan fingerprint density at radius 1 is 1.48 bits per heavy atom. The van der Waals surface area contributed by atoms with Crippen LogP contribution in [-0.4, -0.2) is 35.4 Å². The number of nitrogens with two attached hydrogens (primary N) is 1. The normalized spacial score (nSPS) is 19.0. The van der Waals surface area contributed by atoms with Crippen molar-refractivity contribution < 1.29 is 18.0 Å². The second kappa shape index (κ2) is 5.51. The van der Waals surface area contributed by atoms with Crippen LogP contribution in [0.2, 0.25) is 0 Å². The van der Waals surface area contributed by atoms with E-state index in [1.807, 2.05) is 0 Å². The molecule has 0 saturated carbocycles. The molecule has 1 heterocycles. The first-order chi connectivity index (χ1) is 9.70. The molecule has 2 rings (SSSR count). The smallest absolute Gasteiger partial charge is 0.389 e. The van der Waals surface area contributed by atoms with E-state index in [2.05, 4.69) is 17.5 Å². The van der Waals surface area contributed by atoms with E-state index in [1.54, 1.807) is 7.05 Å². The highest BCUT2D eigenvalue weighted by Crippen LogP contribution is 2.34. The summed E-state index contributed by atoms with van der Waals surface area (Å²) in [5, 5.41) is 2.82. The number of carbonyl (C=O) groups excluding carboxylic acids is 1. The molecule has 1 fully saturated rings. The van der Waals surface area contributed by atoms with Gasteiger partial charge in [0.05, 0.1) is 5.56 Å². The number of hydrogen-bond donors (Lipinski definition) is 2. The van der Waals surface area contributed by atoms with Crippen LogP contribution in [0.4, 0.5) is 18.9 Å². The van der Waals surface area contributed by atoms with Gasteiger partial charge < -0.3 is 16.0 Å². The van der Waals surface area contributed by atoms with E-state index < -0.39 is 17.8 Å². The van der Waals surface area contributed by atoms with Crippen molar-refractivity contribution in [1.29, 1.82) is 0 Å². The molecule has 0 radical (unpaired) electrons. The molecule has 3 N–H and O–H groups in total. The van der Waals surface area contributed by atoms with Crippen LogP contribution in [0.3, 0.4) is 0 Å². The van der Waals surface area contributed by atoms with Crippen LogP contribution in [0.25, 0.3) is 0 Å². The number of halogens is 3. The maximum Gasteiger partial charge on any atom is 0.417 e. The van der Waals surface area contributed by atoms with Crippen molar-refractivity contribution in [1.82, 2.24) is 4.90 Å². The maximum atomic E-state index is 13.0. The van der Waals surface area contributed by atoms with Crippen molar-refractivity contribution in [2.24, 2.45) is 5.73 Å². The molecule has 1 aliphatic heterocycles. The number of nitrogens with zero attached hydrogens (tertiary/aromatic N) is 1. The fourth-order valence-corrected chi connectivity index (χ4v) is 2.42. The third-order valence-corrected chi connectivity index (χ3v) is 3.58. The summed E-state index contributed by atoms with van der Waals surface area (Å²) in [5.74, 6) is -0.137. The molecule has 1 aliphatic rings. The second-order valence-corrected chi connectivity index (χ2v) is 5.31. The Labute approximate surface area is 125 Å². The number of likely N-dealkylation sites (N-methyl/N-ethyl adjacent to an activating group) is 1. The highest BCUT2D eigenvalue weighted by atomic mass is 32.1. The number of nitrogens with one attached hydrogen (secondary N) is 1. The average molecular weight is 317 g/mol. The quantitative estimate of drug-likeness (QED) is 0.837. The molecule has 1 unspecified atom stereocenters. The zero-order valence-electron chi connectivity index (χ0n) is 11.2. The first kappa shape index (κ1) is 15.6. The van der Waals surface area contributed by atoms with Crippen LogP contribution in [-0.2, 0) is 11.0 Å². The van der Waals surface area contributed by atoms with E-state index in [1.165, 1.54) is 17.0 Å². The molecule has 0 aromatic heterocycles. The Balaban J connectivity index is 2.30. The third kappa shape index (κ3) is 3.26. The molecule has 8 heteroatoms. The predicted molar refractivity (Wildman–Crippen MR) is 77.0 cm³/mol. The molecule has 1 saturated heterocycles. The van der Waals surface area contributed by atoms with Crippen LogP contribution in [0, 0.1) is 0 Å². The maximum absolute atomic E-state index is 13.0. The molecule has 1 aromatic carbocycles. The Morgan fingerprint density at radius 3 is 2.62 bits per heavy atom. The summed E-state index contributed by atoms with van der Waals surface area (Å²) in [6, 6.07) is 3.08. The van der Waals surface area contributed by atoms with Crippen molar-refractivity contribution >= 4 is 28.8 Å². The SMILES string of the molecule is CN1CCC(Nc2ccc(C(N)=S)c(C(F)(F)F)c2)C1=O. The van der Waals surface area contributed by atoms with Gasteiger partial charge in [0.2, 0.25) is 5.91 Å². The van der Waals surface area contributed by atoms with Gasteiger partial charge in [-0.25, -0.2) is 0 Å². The Hall–Kier alpha value is -1.83. The number of amides is 1. The van der Waals surface area contributed by atoms with E-state index >= 15 is 0 Å². The molecular weight excluding hydrogens is 303 g/mol. The first-order valence-corrected chi connectivity index (χ1v) is 6.63. The van der Waals surface area contributed by atoms with E-state index in [4.69, 9.17) is 5.73 Å². The van der Waals surface area contributed by atoms with E-state index in [9.17, 15) is 18.0 Å². The largest absolute Gasteiger partial charge is 0.417 e. The summed E-state index contributed by atoms with van der Waals surface area (Å²) < 4.78 is 39.1. The molecule has 114 valence electrons. The Bertz CT molecular complexity index is 589. The summed E-state index contributed by atoms with van der Waals surface area (Å²) in [6.07, 6.45) is -4.01. The molecule has 1 aromatic rings. The van der Waals surface area contributed by atoms with E-state index in [0.717, 1.165) is 6.07 Å². The summed E-state index contributed by atoms with van der Waals surface area (Å²) in [4.78, 5) is 13.0. The number of thiocarbonyl (C=S) groups is 1. The highest BCUT2D eigenvalue weighted by Gasteiger charge is 2.35. The number of rotatable bonds is 3. The Morgan fingerprint density at radius 2 is 2.14 bits per heavy atom. The van der Waals surface area contributed by atoms with Crippen LogP contribution >= 0.6 is 12.2 Å². The minimum absolute atomic E-state index is 0.137. The van der Waals surface area contributed by atoms with Gasteiger partial charge in [-0.2, -0.15) is 13.2 Å². The average Bonchev–Trinajstić information content (AvgIpc) is 2.69. The number of hydrogen-bond acceptors (Lipinski definition) is 3. The standard InChI is InChI=1S/C13H14F3N3OS/c1-19-5-4-10(12(19)20)18-7-2-3-8(11(17)21)9(6-7)13(14,15)16/h2-3,6,10,18H,4-5H2,1H3,(H2,17,21). The third-order valence-electron chi connectivity index (χ3n) is 3.36. The lowest BCUT2D eigenvalue weighted by atomic mass is 10.1. The van der Waals surface area contributed by atoms with Gasteiger partial charge in [-0.15, -0.1) is 0 Å². The predicted octanol–water partition coefficient (Wildman–Crippen LogP) is 1.98. The zero-order valence-corrected chi connectivity index (χ0v) is 12.0. The van der Waals surface area contributed by atoms with E-state index in [0.29, 0.717) is 13.0 Å². The van der Waals surface area contributed by atoms with Gasteiger partial charge in [0.1, 0.15) is 11.0 Å². The van der Waals surface area contributed by atoms with Crippen molar-refractivity contribution in [3.8, 4) is 0 Å². The fraction of sp³-hybridized carbons (Fsp3) is 0.385. The van der Waals surface area contributed by atoms with Crippen molar-refractivity contribution in [2.45, 2.75) is 18.6 Å². The number of carbonyl (C=O) groups is 1. The van der Waals surface area contributed by atoms with Crippen molar-refractivity contribution in [3.05, 3.63) is 29.3 Å². The lowest BCUT2D eigenvalue weighted by Gasteiger charge is -2.17. The topological polar surface area (TPSA) is 58.4 Å². The molecule has 0 bridgehead atoms. The molecule has 1 atom stereocenters. The van der Waals surface area contributed by atoms with Crippen molar-refractivity contribution in [2.75, 3.05) is 18.9 Å². The molecular formula is C13H14F3N3OS. The highest BCUT2D eigenvalue weighted by molar-refractivity contribution is 7.80. The van der Waals surface area contributed by atoms with Gasteiger partial charge in [0, 0.05) is 24.8 Å². The van der Waals surface area contributed by atoms with Crippen LogP contribution < -0.4 is 11.1 Å². The molecule has 0 spiro atoms. The lowest BCUT2D eigenvalue weighted by molar-refractivity contribution is -0.137. The van der Waals surface area contributed by atoms with Gasteiger partial charge in [0.15, 0.2) is 0 Å².